The molecule has 0 unspecified atom stereocenters. The van der Waals surface area contributed by atoms with Crippen LogP contribution in [0, 0.1) is 11.8 Å². The highest BCUT2D eigenvalue weighted by Gasteiger charge is 2.22. The molecule has 0 bridgehead atoms. The number of likely N-dealkylation sites (tertiary alicyclic amines) is 1. The second kappa shape index (κ2) is 6.11. The Morgan fingerprint density at radius 1 is 1.40 bits per heavy atom. The Bertz CT molecular complexity index is 196. The summed E-state index contributed by atoms with van der Waals surface area (Å²) >= 11 is 0. The number of nitrogens with one attached hydrogen (secondary N) is 1. The number of hydrogen-bond donors (Lipinski definition) is 1. The van der Waals surface area contributed by atoms with Gasteiger partial charge in [-0.25, -0.2) is 0 Å². The summed E-state index contributed by atoms with van der Waals surface area (Å²) < 4.78 is 0. The Labute approximate surface area is 93.2 Å². The second-order valence-electron chi connectivity index (χ2n) is 4.81. The van der Waals surface area contributed by atoms with Crippen molar-refractivity contribution < 1.29 is 4.79 Å². The molecule has 0 atom stereocenters. The lowest BCUT2D eigenvalue weighted by molar-refractivity contribution is -0.122. The maximum Gasteiger partial charge on any atom is 0.234 e. The zero-order valence-electron chi connectivity index (χ0n) is 10.3. The van der Waals surface area contributed by atoms with Crippen molar-refractivity contribution in [3.8, 4) is 0 Å². The van der Waals surface area contributed by atoms with E-state index >= 15 is 0 Å². The van der Waals surface area contributed by atoms with Crippen molar-refractivity contribution in [1.82, 2.24) is 10.2 Å². The summed E-state index contributed by atoms with van der Waals surface area (Å²) in [5.74, 6) is 1.81. The van der Waals surface area contributed by atoms with Gasteiger partial charge < -0.3 is 5.32 Å². The summed E-state index contributed by atoms with van der Waals surface area (Å²) in [6.07, 6.45) is 2.49. The van der Waals surface area contributed by atoms with Crippen LogP contribution in [-0.4, -0.2) is 37.0 Å². The lowest BCUT2D eigenvalue weighted by Crippen LogP contribution is -2.42. The van der Waals surface area contributed by atoms with E-state index in [0.29, 0.717) is 6.54 Å². The van der Waals surface area contributed by atoms with Gasteiger partial charge in [-0.15, -0.1) is 0 Å². The molecule has 1 fully saturated rings. The Kier molecular flexibility index (Phi) is 5.09. The lowest BCUT2D eigenvalue weighted by atomic mass is 9.87. The van der Waals surface area contributed by atoms with Gasteiger partial charge in [0.1, 0.15) is 0 Å². The molecule has 0 aromatic rings. The largest absolute Gasteiger partial charge is 0.355 e. The molecule has 0 aromatic heterocycles. The molecule has 88 valence electrons. The molecule has 1 aliphatic rings. The third kappa shape index (κ3) is 4.20. The van der Waals surface area contributed by atoms with Crippen molar-refractivity contribution in [2.24, 2.45) is 11.8 Å². The molecule has 1 saturated heterocycles. The first kappa shape index (κ1) is 12.5. The van der Waals surface area contributed by atoms with Gasteiger partial charge in [0, 0.05) is 6.54 Å². The van der Waals surface area contributed by atoms with Gasteiger partial charge >= 0.3 is 0 Å². The number of carbonyl (C=O) groups excluding carboxylic acids is 1. The van der Waals surface area contributed by atoms with Crippen molar-refractivity contribution in [3.05, 3.63) is 0 Å². The SMILES string of the molecule is CCNC(=O)CN1CCC(C(C)C)CC1. The average molecular weight is 212 g/mol. The Morgan fingerprint density at radius 2 is 2.00 bits per heavy atom. The highest BCUT2D eigenvalue weighted by atomic mass is 16.2. The normalized spacial score (nSPS) is 19.5. The van der Waals surface area contributed by atoms with Crippen LogP contribution in [0.1, 0.15) is 33.6 Å². The Hall–Kier alpha value is -0.570. The molecule has 0 aliphatic carbocycles. The molecule has 3 nitrogen and oxygen atoms in total. The topological polar surface area (TPSA) is 32.3 Å². The smallest absolute Gasteiger partial charge is 0.234 e. The van der Waals surface area contributed by atoms with E-state index in [1.807, 2.05) is 6.92 Å². The minimum Gasteiger partial charge on any atom is -0.355 e. The molecule has 1 heterocycles. The van der Waals surface area contributed by atoms with Crippen LogP contribution in [0.5, 0.6) is 0 Å². The fourth-order valence-corrected chi connectivity index (χ4v) is 2.23. The molecule has 1 aliphatic heterocycles. The molecule has 1 rings (SSSR count). The van der Waals surface area contributed by atoms with Gasteiger partial charge in [-0.05, 0) is 44.7 Å². The van der Waals surface area contributed by atoms with Gasteiger partial charge in [0.15, 0.2) is 0 Å². The maximum absolute atomic E-state index is 11.4. The van der Waals surface area contributed by atoms with E-state index in [0.717, 1.165) is 31.5 Å². The fourth-order valence-electron chi connectivity index (χ4n) is 2.23. The number of hydrogen-bond acceptors (Lipinski definition) is 2. The third-order valence-electron chi connectivity index (χ3n) is 3.32. The molecular formula is C12H24N2O. The zero-order valence-corrected chi connectivity index (χ0v) is 10.3. The summed E-state index contributed by atoms with van der Waals surface area (Å²) in [4.78, 5) is 13.6. The first-order chi connectivity index (χ1) is 7.13. The van der Waals surface area contributed by atoms with E-state index in [9.17, 15) is 4.79 Å². The average Bonchev–Trinajstić information content (AvgIpc) is 2.18. The summed E-state index contributed by atoms with van der Waals surface area (Å²) in [6.45, 7) is 10.0. The van der Waals surface area contributed by atoms with Crippen molar-refractivity contribution in [2.45, 2.75) is 33.6 Å². The molecule has 0 spiro atoms. The Morgan fingerprint density at radius 3 is 2.47 bits per heavy atom. The number of likely N-dealkylation sites (N-methyl/N-ethyl adjacent to an activating group) is 1. The zero-order chi connectivity index (χ0) is 11.3. The standard InChI is InChI=1S/C12H24N2O/c1-4-13-12(15)9-14-7-5-11(6-8-14)10(2)3/h10-11H,4-9H2,1-3H3,(H,13,15). The van der Waals surface area contributed by atoms with E-state index in [2.05, 4.69) is 24.1 Å². The van der Waals surface area contributed by atoms with E-state index in [-0.39, 0.29) is 5.91 Å². The van der Waals surface area contributed by atoms with Crippen molar-refractivity contribution >= 4 is 5.91 Å². The van der Waals surface area contributed by atoms with E-state index in [4.69, 9.17) is 0 Å². The highest BCUT2D eigenvalue weighted by Crippen LogP contribution is 2.23. The first-order valence-corrected chi connectivity index (χ1v) is 6.12. The van der Waals surface area contributed by atoms with Crippen LogP contribution >= 0.6 is 0 Å². The second-order valence-corrected chi connectivity index (χ2v) is 4.81. The summed E-state index contributed by atoms with van der Waals surface area (Å²) in [5, 5.41) is 2.85. The van der Waals surface area contributed by atoms with E-state index < -0.39 is 0 Å². The van der Waals surface area contributed by atoms with Crippen LogP contribution in [0.3, 0.4) is 0 Å². The molecule has 1 N–H and O–H groups in total. The predicted molar refractivity (Wildman–Crippen MR) is 62.7 cm³/mol. The molecule has 0 aromatic carbocycles. The number of nitrogens with zero attached hydrogens (tertiary/aromatic N) is 1. The van der Waals surface area contributed by atoms with Gasteiger partial charge in [-0.3, -0.25) is 9.69 Å². The van der Waals surface area contributed by atoms with Gasteiger partial charge in [-0.2, -0.15) is 0 Å². The van der Waals surface area contributed by atoms with Gasteiger partial charge in [0.2, 0.25) is 5.91 Å². The number of amides is 1. The molecule has 0 saturated carbocycles. The number of carbonyl (C=O) groups is 1. The van der Waals surface area contributed by atoms with Crippen LogP contribution in [0.4, 0.5) is 0 Å². The molecule has 15 heavy (non-hydrogen) atoms. The van der Waals surface area contributed by atoms with Crippen molar-refractivity contribution in [2.75, 3.05) is 26.2 Å². The van der Waals surface area contributed by atoms with Crippen LogP contribution < -0.4 is 5.32 Å². The van der Waals surface area contributed by atoms with Crippen LogP contribution in [0.15, 0.2) is 0 Å². The van der Waals surface area contributed by atoms with Gasteiger partial charge in [0.05, 0.1) is 6.54 Å². The Balaban J connectivity index is 2.22. The summed E-state index contributed by atoms with van der Waals surface area (Å²) in [5.41, 5.74) is 0. The van der Waals surface area contributed by atoms with Gasteiger partial charge in [0.25, 0.3) is 0 Å². The highest BCUT2D eigenvalue weighted by molar-refractivity contribution is 5.77. The predicted octanol–water partition coefficient (Wildman–Crippen LogP) is 1.49. The molecular weight excluding hydrogens is 188 g/mol. The maximum atomic E-state index is 11.4. The number of rotatable bonds is 4. The van der Waals surface area contributed by atoms with Crippen LogP contribution in [-0.2, 0) is 4.79 Å². The summed E-state index contributed by atoms with van der Waals surface area (Å²) in [6, 6.07) is 0. The monoisotopic (exact) mass is 212 g/mol. The summed E-state index contributed by atoms with van der Waals surface area (Å²) in [7, 11) is 0. The first-order valence-electron chi connectivity index (χ1n) is 6.12. The molecule has 3 heteroatoms. The van der Waals surface area contributed by atoms with E-state index in [1.54, 1.807) is 0 Å². The van der Waals surface area contributed by atoms with Crippen molar-refractivity contribution in [1.29, 1.82) is 0 Å². The minimum atomic E-state index is 0.167. The van der Waals surface area contributed by atoms with Crippen molar-refractivity contribution in [3.63, 3.8) is 0 Å². The fraction of sp³-hybridized carbons (Fsp3) is 0.917. The van der Waals surface area contributed by atoms with E-state index in [1.165, 1.54) is 12.8 Å². The van der Waals surface area contributed by atoms with Crippen LogP contribution in [0.25, 0.3) is 0 Å². The third-order valence-corrected chi connectivity index (χ3v) is 3.32. The number of piperidine rings is 1. The lowest BCUT2D eigenvalue weighted by Gasteiger charge is -2.33. The van der Waals surface area contributed by atoms with Crippen LogP contribution in [0.2, 0.25) is 0 Å². The quantitative estimate of drug-likeness (QED) is 0.766. The molecule has 1 amide bonds. The molecule has 0 radical (unpaired) electrons. The minimum absolute atomic E-state index is 0.167. The van der Waals surface area contributed by atoms with Gasteiger partial charge in [-0.1, -0.05) is 13.8 Å².